The molecule has 0 radical (unpaired) electrons. The highest BCUT2D eigenvalue weighted by molar-refractivity contribution is 5.81. The van der Waals surface area contributed by atoms with E-state index >= 15 is 0 Å². The second-order valence-corrected chi connectivity index (χ2v) is 5.83. The van der Waals surface area contributed by atoms with E-state index in [4.69, 9.17) is 9.47 Å². The summed E-state index contributed by atoms with van der Waals surface area (Å²) < 4.78 is 48.3. The molecule has 1 aliphatic rings. The molecule has 1 amide bonds. The maximum atomic E-state index is 12.6. The number of nitrogens with zero attached hydrogens (tertiary/aromatic N) is 1. The van der Waals surface area contributed by atoms with Crippen LogP contribution in [0.5, 0.6) is 0 Å². The predicted molar refractivity (Wildman–Crippen MR) is 89.9 cm³/mol. The summed E-state index contributed by atoms with van der Waals surface area (Å²) >= 11 is 0. The first-order valence-corrected chi connectivity index (χ1v) is 7.90. The molecular weight excluding hydrogens is 349 g/mol. The van der Waals surface area contributed by atoms with E-state index in [1.807, 2.05) is 18.0 Å². The van der Waals surface area contributed by atoms with Crippen molar-refractivity contribution >= 4 is 5.91 Å². The third-order valence-electron chi connectivity index (χ3n) is 3.94. The minimum Gasteiger partial charge on any atom is -0.493 e. The van der Waals surface area contributed by atoms with Gasteiger partial charge in [-0.1, -0.05) is 12.1 Å². The zero-order valence-corrected chi connectivity index (χ0v) is 14.8. The Balaban J connectivity index is 2.07. The Morgan fingerprint density at radius 3 is 2.42 bits per heavy atom. The van der Waals surface area contributed by atoms with E-state index in [2.05, 4.69) is 5.32 Å². The molecule has 8 heteroatoms. The Morgan fingerprint density at radius 1 is 1.23 bits per heavy atom. The number of benzene rings is 1. The Bertz CT molecular complexity index is 709. The molecule has 1 aromatic rings. The molecule has 0 aromatic heterocycles. The van der Waals surface area contributed by atoms with Crippen LogP contribution in [0.4, 0.5) is 13.2 Å². The lowest BCUT2D eigenvalue weighted by atomic mass is 10.1. The van der Waals surface area contributed by atoms with E-state index in [9.17, 15) is 18.0 Å². The average molecular weight is 370 g/mol. The first-order valence-electron chi connectivity index (χ1n) is 7.90. The summed E-state index contributed by atoms with van der Waals surface area (Å²) in [5.41, 5.74) is 1.06. The molecule has 0 aliphatic carbocycles. The van der Waals surface area contributed by atoms with Crippen molar-refractivity contribution in [1.29, 1.82) is 0 Å². The normalized spacial score (nSPS) is 15.0. The fraction of sp³-hybridized carbons (Fsp3) is 0.389. The molecule has 0 unspecified atom stereocenters. The second-order valence-electron chi connectivity index (χ2n) is 5.83. The fourth-order valence-corrected chi connectivity index (χ4v) is 2.60. The van der Waals surface area contributed by atoms with Crippen molar-refractivity contribution in [3.63, 3.8) is 0 Å². The van der Waals surface area contributed by atoms with Crippen molar-refractivity contribution in [3.05, 3.63) is 58.6 Å². The Labute approximate surface area is 150 Å². The molecule has 0 bridgehead atoms. The first kappa shape index (κ1) is 19.8. The van der Waals surface area contributed by atoms with E-state index in [1.54, 1.807) is 7.11 Å². The Kier molecular flexibility index (Phi) is 6.31. The van der Waals surface area contributed by atoms with Gasteiger partial charge in [0.25, 0.3) is 0 Å². The highest BCUT2D eigenvalue weighted by Crippen LogP contribution is 2.29. The van der Waals surface area contributed by atoms with Gasteiger partial charge in [0, 0.05) is 20.7 Å². The number of carbonyl (C=O) groups excluding carboxylic acids is 1. The number of alkyl halides is 3. The van der Waals surface area contributed by atoms with Crippen molar-refractivity contribution in [2.45, 2.75) is 12.6 Å². The largest absolute Gasteiger partial charge is 0.493 e. The van der Waals surface area contributed by atoms with Crippen LogP contribution in [0, 0.1) is 0 Å². The van der Waals surface area contributed by atoms with Crippen molar-refractivity contribution in [2.75, 3.05) is 34.4 Å². The lowest BCUT2D eigenvalue weighted by Gasteiger charge is -2.29. The van der Waals surface area contributed by atoms with Crippen LogP contribution in [0.2, 0.25) is 0 Å². The monoisotopic (exact) mass is 370 g/mol. The predicted octanol–water partition coefficient (Wildman–Crippen LogP) is 2.70. The number of methoxy groups -OCH3 is 2. The molecule has 0 saturated carbocycles. The maximum Gasteiger partial charge on any atom is 0.416 e. The van der Waals surface area contributed by atoms with Gasteiger partial charge in [-0.2, -0.15) is 13.2 Å². The highest BCUT2D eigenvalue weighted by Gasteiger charge is 2.30. The van der Waals surface area contributed by atoms with Gasteiger partial charge in [0.15, 0.2) is 5.76 Å². The maximum absolute atomic E-state index is 12.6. The van der Waals surface area contributed by atoms with Gasteiger partial charge in [-0.05, 0) is 23.8 Å². The third-order valence-corrected chi connectivity index (χ3v) is 3.94. The van der Waals surface area contributed by atoms with Gasteiger partial charge in [-0.15, -0.1) is 0 Å². The van der Waals surface area contributed by atoms with Gasteiger partial charge in [0.1, 0.15) is 0 Å². The molecule has 142 valence electrons. The number of nitrogens with one attached hydrogen (secondary N) is 1. The highest BCUT2D eigenvalue weighted by atomic mass is 19.4. The number of ether oxygens (including phenoxy) is 2. The van der Waals surface area contributed by atoms with Crippen LogP contribution in [0.1, 0.15) is 11.1 Å². The number of likely N-dealkylation sites (N-methyl/N-ethyl adjacent to an activating group) is 1. The Hall–Kier alpha value is -2.48. The number of hydrogen-bond acceptors (Lipinski definition) is 4. The number of hydrogen-bond donors (Lipinski definition) is 1. The van der Waals surface area contributed by atoms with Crippen molar-refractivity contribution in [1.82, 2.24) is 10.2 Å². The van der Waals surface area contributed by atoms with E-state index in [-0.39, 0.29) is 12.3 Å². The van der Waals surface area contributed by atoms with Crippen molar-refractivity contribution in [2.24, 2.45) is 0 Å². The summed E-state index contributed by atoms with van der Waals surface area (Å²) in [6, 6.07) is 4.53. The number of rotatable bonds is 6. The molecule has 1 heterocycles. The van der Waals surface area contributed by atoms with Gasteiger partial charge in [0.2, 0.25) is 5.91 Å². The smallest absolute Gasteiger partial charge is 0.416 e. The van der Waals surface area contributed by atoms with E-state index in [1.165, 1.54) is 19.2 Å². The summed E-state index contributed by atoms with van der Waals surface area (Å²) in [5, 5.41) is 2.76. The average Bonchev–Trinajstić information content (AvgIpc) is 2.58. The summed E-state index contributed by atoms with van der Waals surface area (Å²) in [4.78, 5) is 14.2. The van der Waals surface area contributed by atoms with Crippen LogP contribution < -0.4 is 5.32 Å². The molecule has 1 aromatic carbocycles. The molecule has 2 rings (SSSR count). The molecule has 0 fully saturated rings. The SMILES string of the molecule is COCC1=C(OC)C(NC(=O)Cc2ccc(C(F)(F)F)cc2)=CCN1C. The quantitative estimate of drug-likeness (QED) is 0.837. The lowest BCUT2D eigenvalue weighted by molar-refractivity contribution is -0.137. The van der Waals surface area contributed by atoms with Crippen LogP contribution in [0.3, 0.4) is 0 Å². The topological polar surface area (TPSA) is 50.8 Å². The summed E-state index contributed by atoms with van der Waals surface area (Å²) in [6.45, 7) is 0.896. The van der Waals surface area contributed by atoms with Crippen LogP contribution >= 0.6 is 0 Å². The third kappa shape index (κ3) is 4.78. The first-order chi connectivity index (χ1) is 12.3. The van der Waals surface area contributed by atoms with Crippen LogP contribution in [0.25, 0.3) is 0 Å². The molecule has 26 heavy (non-hydrogen) atoms. The van der Waals surface area contributed by atoms with Crippen molar-refractivity contribution in [3.8, 4) is 0 Å². The molecule has 0 saturated heterocycles. The van der Waals surface area contributed by atoms with Crippen molar-refractivity contribution < 1.29 is 27.4 Å². The molecule has 1 aliphatic heterocycles. The number of amides is 1. The number of halogens is 3. The minimum atomic E-state index is -4.39. The van der Waals surface area contributed by atoms with Gasteiger partial charge >= 0.3 is 6.18 Å². The van der Waals surface area contributed by atoms with E-state index in [0.717, 1.165) is 17.8 Å². The molecule has 5 nitrogen and oxygen atoms in total. The zero-order valence-electron chi connectivity index (χ0n) is 14.8. The van der Waals surface area contributed by atoms with Gasteiger partial charge < -0.3 is 19.7 Å². The van der Waals surface area contributed by atoms with Gasteiger partial charge in [0.05, 0.1) is 37.1 Å². The molecule has 1 N–H and O–H groups in total. The van der Waals surface area contributed by atoms with Gasteiger partial charge in [-0.3, -0.25) is 4.79 Å². The minimum absolute atomic E-state index is 0.0398. The molecular formula is C18H21F3N2O3. The standard InChI is InChI=1S/C18H21F3N2O3/c1-23-9-8-14(17(26-3)15(23)11-25-2)22-16(24)10-12-4-6-13(7-5-12)18(19,20)21/h4-8H,9-11H2,1-3H3,(H,22,24). The van der Waals surface area contributed by atoms with Gasteiger partial charge in [-0.25, -0.2) is 0 Å². The van der Waals surface area contributed by atoms with Crippen LogP contribution in [-0.4, -0.2) is 45.2 Å². The zero-order chi connectivity index (χ0) is 19.3. The molecule has 0 spiro atoms. The van der Waals surface area contributed by atoms with E-state index < -0.39 is 11.7 Å². The second kappa shape index (κ2) is 8.27. The van der Waals surface area contributed by atoms with E-state index in [0.29, 0.717) is 30.2 Å². The summed E-state index contributed by atoms with van der Waals surface area (Å²) in [7, 11) is 4.94. The van der Waals surface area contributed by atoms with Crippen LogP contribution in [-0.2, 0) is 26.9 Å². The summed E-state index contributed by atoms with van der Waals surface area (Å²) in [5.74, 6) is 0.160. The summed E-state index contributed by atoms with van der Waals surface area (Å²) in [6.07, 6.45) is -2.62. The Morgan fingerprint density at radius 2 is 1.88 bits per heavy atom. The lowest BCUT2D eigenvalue weighted by Crippen LogP contribution is -2.34. The van der Waals surface area contributed by atoms with Crippen LogP contribution in [0.15, 0.2) is 47.5 Å². The fourth-order valence-electron chi connectivity index (χ4n) is 2.60. The molecule has 0 atom stereocenters. The number of carbonyl (C=O) groups is 1.